The van der Waals surface area contributed by atoms with Crippen molar-refractivity contribution in [2.24, 2.45) is 0 Å². The van der Waals surface area contributed by atoms with Crippen molar-refractivity contribution in [1.29, 1.82) is 0 Å². The van der Waals surface area contributed by atoms with Crippen molar-refractivity contribution in [3.05, 3.63) is 85.1 Å². The zero-order valence-corrected chi connectivity index (χ0v) is 19.3. The largest absolute Gasteiger partial charge is 0.329 e. The molecule has 1 amide bonds. The summed E-state index contributed by atoms with van der Waals surface area (Å²) >= 11 is 0. The third kappa shape index (κ3) is 4.17. The minimum absolute atomic E-state index is 0.0542. The van der Waals surface area contributed by atoms with Gasteiger partial charge in [0.25, 0.3) is 0 Å². The summed E-state index contributed by atoms with van der Waals surface area (Å²) in [4.78, 5) is 28.9. The molecule has 4 heterocycles. The Hall–Kier alpha value is -4.00. The van der Waals surface area contributed by atoms with E-state index in [1.165, 1.54) is 11.6 Å². The first-order valence-electron chi connectivity index (χ1n) is 11.7. The van der Waals surface area contributed by atoms with Crippen molar-refractivity contribution in [3.8, 4) is 11.3 Å². The molecule has 0 radical (unpaired) electrons. The lowest BCUT2D eigenvalue weighted by Crippen LogP contribution is -2.34. The van der Waals surface area contributed by atoms with Crippen LogP contribution in [0.15, 0.2) is 73.7 Å². The van der Waals surface area contributed by atoms with Crippen LogP contribution in [-0.2, 0) is 4.79 Å². The summed E-state index contributed by atoms with van der Waals surface area (Å²) in [6.45, 7) is 6.51. The van der Waals surface area contributed by atoms with Gasteiger partial charge in [-0.05, 0) is 38.0 Å². The molecule has 4 aromatic rings. The lowest BCUT2D eigenvalue weighted by atomic mass is 10.1. The topological polar surface area (TPSA) is 75.4 Å². The molecule has 5 rings (SSSR count). The number of hydrogen-bond acceptors (Lipinski definition) is 5. The average Bonchev–Trinajstić information content (AvgIpc) is 3.08. The highest BCUT2D eigenvalue weighted by Gasteiger charge is 2.30. The third-order valence-corrected chi connectivity index (χ3v) is 6.33. The Morgan fingerprint density at radius 2 is 1.94 bits per heavy atom. The van der Waals surface area contributed by atoms with Crippen LogP contribution in [0.1, 0.15) is 43.1 Å². The molecule has 1 unspecified atom stereocenters. The predicted octanol–water partition coefficient (Wildman–Crippen LogP) is 5.47. The number of nitrogens with one attached hydrogen (secondary N) is 1. The number of nitrogens with zero attached hydrogens (tertiary/aromatic N) is 5. The number of carbonyl (C=O) groups excluding carboxylic acids is 1. The SMILES string of the molecule is C=CC(=O)N1CCCCCC1c1nc(-c2ccc(C)cc2)c2c(Nc3ccccn3)nccn12. The molecule has 0 spiro atoms. The molecule has 1 saturated heterocycles. The van der Waals surface area contributed by atoms with Gasteiger partial charge < -0.3 is 10.2 Å². The number of aryl methyl sites for hydroxylation is 1. The first kappa shape index (κ1) is 21.8. The van der Waals surface area contributed by atoms with Crippen LogP contribution >= 0.6 is 0 Å². The number of likely N-dealkylation sites (tertiary alicyclic amines) is 1. The van der Waals surface area contributed by atoms with Crippen LogP contribution in [0.5, 0.6) is 0 Å². The number of benzene rings is 1. The van der Waals surface area contributed by atoms with Crippen LogP contribution < -0.4 is 5.32 Å². The van der Waals surface area contributed by atoms with Gasteiger partial charge in [-0.25, -0.2) is 15.0 Å². The van der Waals surface area contributed by atoms with E-state index in [0.717, 1.165) is 48.3 Å². The summed E-state index contributed by atoms with van der Waals surface area (Å²) in [5.74, 6) is 2.17. The molecule has 7 heteroatoms. The van der Waals surface area contributed by atoms with Crippen LogP contribution in [0.2, 0.25) is 0 Å². The lowest BCUT2D eigenvalue weighted by molar-refractivity contribution is -0.128. The van der Waals surface area contributed by atoms with Gasteiger partial charge in [0.2, 0.25) is 5.91 Å². The minimum Gasteiger partial charge on any atom is -0.329 e. The Morgan fingerprint density at radius 1 is 1.09 bits per heavy atom. The molecular formula is C27H28N6O. The number of aromatic nitrogens is 4. The molecule has 0 bridgehead atoms. The molecule has 1 aliphatic heterocycles. The van der Waals surface area contributed by atoms with Gasteiger partial charge in [-0.15, -0.1) is 0 Å². The summed E-state index contributed by atoms with van der Waals surface area (Å²) in [5.41, 5.74) is 3.88. The summed E-state index contributed by atoms with van der Waals surface area (Å²) < 4.78 is 2.08. The van der Waals surface area contributed by atoms with E-state index in [4.69, 9.17) is 4.98 Å². The zero-order valence-electron chi connectivity index (χ0n) is 19.3. The Bertz CT molecular complexity index is 1310. The maximum atomic E-state index is 12.8. The molecule has 1 N–H and O–H groups in total. The van der Waals surface area contributed by atoms with E-state index in [1.807, 2.05) is 29.3 Å². The van der Waals surface area contributed by atoms with Crippen molar-refractivity contribution in [1.82, 2.24) is 24.3 Å². The minimum atomic E-state index is -0.134. The monoisotopic (exact) mass is 452 g/mol. The second kappa shape index (κ2) is 9.47. The Kier molecular flexibility index (Phi) is 6.08. The summed E-state index contributed by atoms with van der Waals surface area (Å²) in [6.07, 6.45) is 10.8. The van der Waals surface area contributed by atoms with Crippen LogP contribution in [0.25, 0.3) is 16.8 Å². The van der Waals surface area contributed by atoms with Crippen LogP contribution in [0.4, 0.5) is 11.6 Å². The van der Waals surface area contributed by atoms with Gasteiger partial charge in [-0.2, -0.15) is 0 Å². The average molecular weight is 453 g/mol. The zero-order chi connectivity index (χ0) is 23.5. The van der Waals surface area contributed by atoms with Crippen LogP contribution in [-0.4, -0.2) is 36.7 Å². The maximum absolute atomic E-state index is 12.8. The van der Waals surface area contributed by atoms with Crippen molar-refractivity contribution in [2.45, 2.75) is 38.6 Å². The molecule has 34 heavy (non-hydrogen) atoms. The fourth-order valence-corrected chi connectivity index (χ4v) is 4.62. The predicted molar refractivity (Wildman–Crippen MR) is 134 cm³/mol. The van der Waals surface area contributed by atoms with E-state index in [0.29, 0.717) is 18.2 Å². The number of imidazole rings is 1. The van der Waals surface area contributed by atoms with Gasteiger partial charge in [0.05, 0.1) is 6.04 Å². The second-order valence-electron chi connectivity index (χ2n) is 8.62. The molecule has 1 aliphatic rings. The Balaban J connectivity index is 1.71. The maximum Gasteiger partial charge on any atom is 0.246 e. The highest BCUT2D eigenvalue weighted by Crippen LogP contribution is 2.36. The van der Waals surface area contributed by atoms with E-state index < -0.39 is 0 Å². The molecule has 7 nitrogen and oxygen atoms in total. The van der Waals surface area contributed by atoms with Crippen LogP contribution in [0.3, 0.4) is 0 Å². The number of pyridine rings is 1. The smallest absolute Gasteiger partial charge is 0.246 e. The fourth-order valence-electron chi connectivity index (χ4n) is 4.62. The van der Waals surface area contributed by atoms with Crippen molar-refractivity contribution in [2.75, 3.05) is 11.9 Å². The van der Waals surface area contributed by atoms with Crippen molar-refractivity contribution in [3.63, 3.8) is 0 Å². The lowest BCUT2D eigenvalue weighted by Gasteiger charge is -2.28. The van der Waals surface area contributed by atoms with Crippen LogP contribution in [0, 0.1) is 6.92 Å². The van der Waals surface area contributed by atoms with Gasteiger partial charge in [0, 0.05) is 30.7 Å². The third-order valence-electron chi connectivity index (χ3n) is 6.33. The fraction of sp³-hybridized carbons (Fsp3) is 0.259. The van der Waals surface area contributed by atoms with Crippen molar-refractivity contribution >= 4 is 23.1 Å². The number of amides is 1. The van der Waals surface area contributed by atoms with Gasteiger partial charge in [0.1, 0.15) is 22.9 Å². The van der Waals surface area contributed by atoms with Gasteiger partial charge >= 0.3 is 0 Å². The molecular weight excluding hydrogens is 424 g/mol. The molecule has 1 atom stereocenters. The van der Waals surface area contributed by atoms with Gasteiger partial charge in [0.15, 0.2) is 5.82 Å². The van der Waals surface area contributed by atoms with Gasteiger partial charge in [-0.3, -0.25) is 9.20 Å². The highest BCUT2D eigenvalue weighted by molar-refractivity contribution is 5.89. The molecule has 1 aromatic carbocycles. The molecule has 1 fully saturated rings. The Morgan fingerprint density at radius 3 is 2.71 bits per heavy atom. The number of fused-ring (bicyclic) bond motifs is 1. The standard InChI is InChI=1S/C27H28N6O/c1-3-23(34)32-17-8-4-5-9-21(32)27-31-24(20-13-11-19(2)12-14-20)25-26(29-16-18-33(25)27)30-22-10-6-7-15-28-22/h3,6-7,10-16,18,21H,1,4-5,8-9,17H2,2H3,(H,28,29,30). The quantitative estimate of drug-likeness (QED) is 0.406. The highest BCUT2D eigenvalue weighted by atomic mass is 16.2. The van der Waals surface area contributed by atoms with E-state index in [9.17, 15) is 4.79 Å². The summed E-state index contributed by atoms with van der Waals surface area (Å²) in [5, 5.41) is 3.36. The first-order valence-corrected chi connectivity index (χ1v) is 11.7. The summed E-state index contributed by atoms with van der Waals surface area (Å²) in [7, 11) is 0. The van der Waals surface area contributed by atoms with E-state index in [-0.39, 0.29) is 11.9 Å². The van der Waals surface area contributed by atoms with Crippen molar-refractivity contribution < 1.29 is 4.79 Å². The molecule has 0 saturated carbocycles. The molecule has 172 valence electrons. The summed E-state index contributed by atoms with van der Waals surface area (Å²) in [6, 6.07) is 13.9. The number of carbonyl (C=O) groups is 1. The molecule has 0 aliphatic carbocycles. The van der Waals surface area contributed by atoms with E-state index in [1.54, 1.807) is 12.4 Å². The van der Waals surface area contributed by atoms with Gasteiger partial charge in [-0.1, -0.05) is 55.3 Å². The molecule has 3 aromatic heterocycles. The number of hydrogen-bond donors (Lipinski definition) is 1. The Labute approximate surface area is 199 Å². The van der Waals surface area contributed by atoms with E-state index in [2.05, 4.69) is 57.5 Å². The second-order valence-corrected chi connectivity index (χ2v) is 8.62. The normalized spacial score (nSPS) is 16.3. The number of rotatable bonds is 5. The number of anilines is 2. The van der Waals surface area contributed by atoms with E-state index >= 15 is 0 Å². The first-order chi connectivity index (χ1) is 16.7.